The molecule has 146 valence electrons. The lowest BCUT2D eigenvalue weighted by molar-refractivity contribution is 0.0505. The van der Waals surface area contributed by atoms with Crippen molar-refractivity contribution in [1.82, 2.24) is 4.98 Å². The zero-order valence-electron chi connectivity index (χ0n) is 14.9. The second-order valence-electron chi connectivity index (χ2n) is 5.91. The highest BCUT2D eigenvalue weighted by atomic mass is 32.2. The molecule has 0 aliphatic rings. The van der Waals surface area contributed by atoms with Crippen LogP contribution in [-0.4, -0.2) is 26.0 Å². The van der Waals surface area contributed by atoms with Crippen molar-refractivity contribution in [3.05, 3.63) is 59.4 Å². The van der Waals surface area contributed by atoms with Crippen LogP contribution in [0.5, 0.6) is 0 Å². The van der Waals surface area contributed by atoms with Gasteiger partial charge >= 0.3 is 5.97 Å². The van der Waals surface area contributed by atoms with Crippen LogP contribution in [0.25, 0.3) is 21.7 Å². The van der Waals surface area contributed by atoms with Crippen molar-refractivity contribution in [3.8, 4) is 21.7 Å². The predicted octanol–water partition coefficient (Wildman–Crippen LogP) is 3.83. The van der Waals surface area contributed by atoms with Gasteiger partial charge in [0.1, 0.15) is 5.82 Å². The van der Waals surface area contributed by atoms with Gasteiger partial charge in [-0.1, -0.05) is 19.1 Å². The highest BCUT2D eigenvalue weighted by Crippen LogP contribution is 2.37. The maximum atomic E-state index is 13.3. The van der Waals surface area contributed by atoms with Crippen LogP contribution < -0.4 is 5.14 Å². The van der Waals surface area contributed by atoms with E-state index in [1.54, 1.807) is 24.3 Å². The van der Waals surface area contributed by atoms with Gasteiger partial charge in [0.2, 0.25) is 15.0 Å². The SMILES string of the molecule is CCCOC(=O)c1nc(-c2ccc(F)cc2)c(-c2ccc(S(N)(=O)=O)cc2)s1. The fourth-order valence-corrected chi connectivity index (χ4v) is 3.96. The molecular weight excluding hydrogens is 403 g/mol. The van der Waals surface area contributed by atoms with Crippen LogP contribution in [0, 0.1) is 5.82 Å². The van der Waals surface area contributed by atoms with Gasteiger partial charge in [0.15, 0.2) is 0 Å². The molecule has 0 aliphatic heterocycles. The van der Waals surface area contributed by atoms with E-state index in [4.69, 9.17) is 9.88 Å². The Labute approximate surface area is 165 Å². The number of thiazole rings is 1. The highest BCUT2D eigenvalue weighted by molar-refractivity contribution is 7.89. The summed E-state index contributed by atoms with van der Waals surface area (Å²) in [5.41, 5.74) is 1.76. The van der Waals surface area contributed by atoms with E-state index in [1.165, 1.54) is 24.3 Å². The topological polar surface area (TPSA) is 99.3 Å². The zero-order valence-corrected chi connectivity index (χ0v) is 16.5. The Morgan fingerprint density at radius 1 is 1.11 bits per heavy atom. The normalized spacial score (nSPS) is 11.4. The summed E-state index contributed by atoms with van der Waals surface area (Å²) < 4.78 is 41.4. The van der Waals surface area contributed by atoms with Crippen LogP contribution in [0.2, 0.25) is 0 Å². The van der Waals surface area contributed by atoms with Crippen LogP contribution in [-0.2, 0) is 14.8 Å². The summed E-state index contributed by atoms with van der Waals surface area (Å²) in [4.78, 5) is 17.2. The molecule has 0 unspecified atom stereocenters. The van der Waals surface area contributed by atoms with Crippen LogP contribution >= 0.6 is 11.3 Å². The number of hydrogen-bond acceptors (Lipinski definition) is 6. The molecule has 0 bridgehead atoms. The number of halogens is 1. The van der Waals surface area contributed by atoms with E-state index < -0.39 is 16.0 Å². The first kappa shape index (κ1) is 20.1. The average molecular weight is 420 g/mol. The molecule has 9 heteroatoms. The highest BCUT2D eigenvalue weighted by Gasteiger charge is 2.20. The third kappa shape index (κ3) is 4.44. The van der Waals surface area contributed by atoms with Gasteiger partial charge in [0, 0.05) is 5.56 Å². The minimum absolute atomic E-state index is 0.0216. The number of nitrogens with zero attached hydrogens (tertiary/aromatic N) is 1. The Morgan fingerprint density at radius 2 is 1.71 bits per heavy atom. The van der Waals surface area contributed by atoms with Crippen molar-refractivity contribution in [1.29, 1.82) is 0 Å². The summed E-state index contributed by atoms with van der Waals surface area (Å²) in [5, 5.41) is 5.30. The van der Waals surface area contributed by atoms with Gasteiger partial charge in [0.05, 0.1) is 22.1 Å². The second kappa shape index (κ2) is 8.17. The number of benzene rings is 2. The average Bonchev–Trinajstić information content (AvgIpc) is 3.11. The molecule has 3 aromatic rings. The summed E-state index contributed by atoms with van der Waals surface area (Å²) in [6, 6.07) is 11.7. The van der Waals surface area contributed by atoms with E-state index in [0.29, 0.717) is 28.1 Å². The Balaban J connectivity index is 2.08. The Kier molecular flexibility index (Phi) is 5.87. The van der Waals surface area contributed by atoms with Crippen molar-refractivity contribution in [2.45, 2.75) is 18.2 Å². The van der Waals surface area contributed by atoms with Crippen LogP contribution in [0.15, 0.2) is 53.4 Å². The number of esters is 1. The molecular formula is C19H17FN2O4S2. The molecule has 0 saturated heterocycles. The molecule has 2 aromatic carbocycles. The van der Waals surface area contributed by atoms with E-state index in [2.05, 4.69) is 4.98 Å². The van der Waals surface area contributed by atoms with Crippen LogP contribution in [0.3, 0.4) is 0 Å². The fourth-order valence-electron chi connectivity index (χ4n) is 2.46. The first-order chi connectivity index (χ1) is 13.3. The summed E-state index contributed by atoms with van der Waals surface area (Å²) in [5.74, 6) is -0.928. The lowest BCUT2D eigenvalue weighted by Crippen LogP contribution is -2.11. The fraction of sp³-hybridized carbons (Fsp3) is 0.158. The van der Waals surface area contributed by atoms with Crippen LogP contribution in [0.1, 0.15) is 23.1 Å². The largest absolute Gasteiger partial charge is 0.460 e. The number of nitrogens with two attached hydrogens (primary N) is 1. The molecule has 0 aliphatic carbocycles. The number of carbonyl (C=O) groups excluding carboxylic acids is 1. The van der Waals surface area contributed by atoms with Crippen molar-refractivity contribution in [3.63, 3.8) is 0 Å². The molecule has 0 fully saturated rings. The molecule has 1 heterocycles. The Hall–Kier alpha value is -2.62. The molecule has 0 atom stereocenters. The summed E-state index contributed by atoms with van der Waals surface area (Å²) in [6.45, 7) is 2.17. The van der Waals surface area contributed by atoms with Crippen molar-refractivity contribution < 1.29 is 22.3 Å². The quantitative estimate of drug-likeness (QED) is 0.611. The maximum absolute atomic E-state index is 13.3. The van der Waals surface area contributed by atoms with Gasteiger partial charge in [-0.2, -0.15) is 0 Å². The second-order valence-corrected chi connectivity index (χ2v) is 8.47. The summed E-state index contributed by atoms with van der Waals surface area (Å²) >= 11 is 1.12. The summed E-state index contributed by atoms with van der Waals surface area (Å²) in [6.07, 6.45) is 0.684. The zero-order chi connectivity index (χ0) is 20.3. The van der Waals surface area contributed by atoms with Gasteiger partial charge in [-0.05, 0) is 48.4 Å². The number of carbonyl (C=O) groups is 1. The smallest absolute Gasteiger partial charge is 0.367 e. The van der Waals surface area contributed by atoms with E-state index >= 15 is 0 Å². The third-order valence-corrected chi connectivity index (χ3v) is 5.82. The van der Waals surface area contributed by atoms with E-state index in [-0.39, 0.29) is 22.3 Å². The molecule has 6 nitrogen and oxygen atoms in total. The van der Waals surface area contributed by atoms with Gasteiger partial charge in [-0.3, -0.25) is 0 Å². The maximum Gasteiger partial charge on any atom is 0.367 e. The van der Waals surface area contributed by atoms with Crippen molar-refractivity contribution in [2.24, 2.45) is 5.14 Å². The van der Waals surface area contributed by atoms with Crippen molar-refractivity contribution in [2.75, 3.05) is 6.61 Å². The van der Waals surface area contributed by atoms with Gasteiger partial charge in [-0.25, -0.2) is 27.7 Å². The molecule has 0 amide bonds. The van der Waals surface area contributed by atoms with Gasteiger partial charge < -0.3 is 4.74 Å². The lowest BCUT2D eigenvalue weighted by Gasteiger charge is -2.04. The first-order valence-electron chi connectivity index (χ1n) is 8.36. The lowest BCUT2D eigenvalue weighted by atomic mass is 10.1. The molecule has 0 spiro atoms. The third-order valence-electron chi connectivity index (χ3n) is 3.80. The molecule has 2 N–H and O–H groups in total. The standard InChI is InChI=1S/C19H17FN2O4S2/c1-2-11-26-19(23)18-22-16(12-3-7-14(20)8-4-12)17(27-18)13-5-9-15(10-6-13)28(21,24)25/h3-10H,2,11H2,1H3,(H2,21,24,25). The minimum atomic E-state index is -3.82. The van der Waals surface area contributed by atoms with E-state index in [1.807, 2.05) is 6.92 Å². The van der Waals surface area contributed by atoms with Gasteiger partial charge in [0.25, 0.3) is 0 Å². The molecule has 1 aromatic heterocycles. The number of aromatic nitrogens is 1. The number of ether oxygens (including phenoxy) is 1. The van der Waals surface area contributed by atoms with Crippen LogP contribution in [0.4, 0.5) is 4.39 Å². The number of hydrogen-bond donors (Lipinski definition) is 1. The number of rotatable bonds is 6. The number of sulfonamides is 1. The molecule has 0 radical (unpaired) electrons. The summed E-state index contributed by atoms with van der Waals surface area (Å²) in [7, 11) is -3.82. The minimum Gasteiger partial charge on any atom is -0.460 e. The molecule has 28 heavy (non-hydrogen) atoms. The number of primary sulfonamides is 1. The van der Waals surface area contributed by atoms with Crippen molar-refractivity contribution >= 4 is 27.3 Å². The Bertz CT molecular complexity index is 1090. The van der Waals surface area contributed by atoms with Gasteiger partial charge in [-0.15, -0.1) is 11.3 Å². The predicted molar refractivity (Wildman–Crippen MR) is 105 cm³/mol. The molecule has 3 rings (SSSR count). The van der Waals surface area contributed by atoms with E-state index in [0.717, 1.165) is 11.3 Å². The first-order valence-corrected chi connectivity index (χ1v) is 10.7. The Morgan fingerprint density at radius 3 is 2.29 bits per heavy atom. The molecule has 0 saturated carbocycles. The van der Waals surface area contributed by atoms with E-state index in [9.17, 15) is 17.6 Å². The monoisotopic (exact) mass is 420 g/mol.